The molecule has 0 radical (unpaired) electrons. The van der Waals surface area contributed by atoms with E-state index in [0.717, 1.165) is 42.1 Å². The minimum absolute atomic E-state index is 0.0841. The predicted octanol–water partition coefficient (Wildman–Crippen LogP) is 2.56. The standard InChI is InChI=1S/C19H19N3O/c1-14-6-5-9-18-20-17-10-11-21(12-15-7-3-2-4-8-15)13-16(17)19(23)22(14)18/h2-9H,10-13H2,1H3. The van der Waals surface area contributed by atoms with Crippen molar-refractivity contribution in [1.29, 1.82) is 0 Å². The summed E-state index contributed by atoms with van der Waals surface area (Å²) >= 11 is 0. The van der Waals surface area contributed by atoms with Crippen LogP contribution in [-0.4, -0.2) is 20.8 Å². The fourth-order valence-corrected chi connectivity index (χ4v) is 3.33. The van der Waals surface area contributed by atoms with Gasteiger partial charge in [0.15, 0.2) is 0 Å². The first kappa shape index (κ1) is 14.2. The molecule has 3 aromatic rings. The summed E-state index contributed by atoms with van der Waals surface area (Å²) in [5.74, 6) is 0. The van der Waals surface area contributed by atoms with E-state index in [4.69, 9.17) is 4.98 Å². The van der Waals surface area contributed by atoms with Gasteiger partial charge in [-0.2, -0.15) is 0 Å². The monoisotopic (exact) mass is 305 g/mol. The average Bonchev–Trinajstić information content (AvgIpc) is 2.56. The Morgan fingerprint density at radius 3 is 2.74 bits per heavy atom. The highest BCUT2D eigenvalue weighted by atomic mass is 16.1. The molecule has 0 saturated heterocycles. The number of fused-ring (bicyclic) bond motifs is 2. The molecule has 0 aliphatic carbocycles. The minimum Gasteiger partial charge on any atom is -0.294 e. The van der Waals surface area contributed by atoms with Gasteiger partial charge in [0, 0.05) is 31.7 Å². The van der Waals surface area contributed by atoms with Gasteiger partial charge < -0.3 is 0 Å². The Hall–Kier alpha value is -2.46. The van der Waals surface area contributed by atoms with E-state index in [1.54, 1.807) is 4.40 Å². The van der Waals surface area contributed by atoms with E-state index in [2.05, 4.69) is 29.2 Å². The third-order valence-electron chi connectivity index (χ3n) is 4.52. The molecule has 4 nitrogen and oxygen atoms in total. The lowest BCUT2D eigenvalue weighted by atomic mass is 10.1. The zero-order chi connectivity index (χ0) is 15.8. The predicted molar refractivity (Wildman–Crippen MR) is 90.5 cm³/mol. The maximum absolute atomic E-state index is 12.9. The second-order valence-electron chi connectivity index (χ2n) is 6.15. The van der Waals surface area contributed by atoms with Crippen LogP contribution in [0.2, 0.25) is 0 Å². The quantitative estimate of drug-likeness (QED) is 0.730. The Morgan fingerprint density at radius 1 is 1.09 bits per heavy atom. The third kappa shape index (κ3) is 2.55. The summed E-state index contributed by atoms with van der Waals surface area (Å²) in [7, 11) is 0. The molecule has 0 atom stereocenters. The largest absolute Gasteiger partial charge is 0.294 e. The molecule has 23 heavy (non-hydrogen) atoms. The molecule has 0 unspecified atom stereocenters. The van der Waals surface area contributed by atoms with Crippen molar-refractivity contribution in [3.8, 4) is 0 Å². The number of hydrogen-bond donors (Lipinski definition) is 0. The fourth-order valence-electron chi connectivity index (χ4n) is 3.33. The number of aromatic nitrogens is 2. The van der Waals surface area contributed by atoms with Gasteiger partial charge in [-0.25, -0.2) is 4.98 Å². The highest BCUT2D eigenvalue weighted by Gasteiger charge is 2.22. The van der Waals surface area contributed by atoms with Crippen LogP contribution in [0.1, 0.15) is 22.5 Å². The summed E-state index contributed by atoms with van der Waals surface area (Å²) in [5.41, 5.74) is 4.86. The van der Waals surface area contributed by atoms with Crippen LogP contribution >= 0.6 is 0 Å². The molecule has 0 saturated carbocycles. The summed E-state index contributed by atoms with van der Waals surface area (Å²) in [6.45, 7) is 4.44. The molecule has 1 aromatic carbocycles. The fraction of sp³-hybridized carbons (Fsp3) is 0.263. The van der Waals surface area contributed by atoms with Gasteiger partial charge in [-0.3, -0.25) is 14.1 Å². The molecule has 4 heteroatoms. The molecule has 0 N–H and O–H groups in total. The van der Waals surface area contributed by atoms with Gasteiger partial charge in [0.25, 0.3) is 5.56 Å². The topological polar surface area (TPSA) is 37.6 Å². The Kier molecular flexibility index (Phi) is 3.46. The summed E-state index contributed by atoms with van der Waals surface area (Å²) in [4.78, 5) is 19.9. The van der Waals surface area contributed by atoms with E-state index in [1.807, 2.05) is 31.2 Å². The zero-order valence-corrected chi connectivity index (χ0v) is 13.2. The van der Waals surface area contributed by atoms with Gasteiger partial charge in [-0.15, -0.1) is 0 Å². The molecule has 0 fully saturated rings. The van der Waals surface area contributed by atoms with Crippen LogP contribution in [0.25, 0.3) is 5.65 Å². The lowest BCUT2D eigenvalue weighted by molar-refractivity contribution is 0.242. The Morgan fingerprint density at radius 2 is 1.91 bits per heavy atom. The molecular weight excluding hydrogens is 286 g/mol. The zero-order valence-electron chi connectivity index (χ0n) is 13.2. The van der Waals surface area contributed by atoms with E-state index in [1.165, 1.54) is 5.56 Å². The van der Waals surface area contributed by atoms with E-state index in [-0.39, 0.29) is 5.56 Å². The van der Waals surface area contributed by atoms with Crippen LogP contribution in [0.4, 0.5) is 0 Å². The lowest BCUT2D eigenvalue weighted by Crippen LogP contribution is -2.36. The van der Waals surface area contributed by atoms with Gasteiger partial charge in [0.1, 0.15) is 5.65 Å². The maximum Gasteiger partial charge on any atom is 0.262 e. The van der Waals surface area contributed by atoms with Crippen LogP contribution in [0.3, 0.4) is 0 Å². The van der Waals surface area contributed by atoms with Crippen molar-refractivity contribution in [2.75, 3.05) is 6.54 Å². The van der Waals surface area contributed by atoms with Crippen LogP contribution in [0.15, 0.2) is 53.3 Å². The summed E-state index contributed by atoms with van der Waals surface area (Å²) in [6.07, 6.45) is 0.835. The van der Waals surface area contributed by atoms with Crippen molar-refractivity contribution in [1.82, 2.24) is 14.3 Å². The Balaban J connectivity index is 1.72. The lowest BCUT2D eigenvalue weighted by Gasteiger charge is -2.28. The molecule has 3 heterocycles. The first-order valence-electron chi connectivity index (χ1n) is 7.99. The van der Waals surface area contributed by atoms with E-state index >= 15 is 0 Å². The van der Waals surface area contributed by atoms with Crippen molar-refractivity contribution < 1.29 is 0 Å². The van der Waals surface area contributed by atoms with Crippen molar-refractivity contribution >= 4 is 5.65 Å². The van der Waals surface area contributed by atoms with Gasteiger partial charge in [0.05, 0.1) is 11.3 Å². The molecule has 1 aliphatic heterocycles. The van der Waals surface area contributed by atoms with E-state index < -0.39 is 0 Å². The molecule has 4 rings (SSSR count). The summed E-state index contributed by atoms with van der Waals surface area (Å²) < 4.78 is 1.73. The van der Waals surface area contributed by atoms with Crippen LogP contribution in [0.5, 0.6) is 0 Å². The molecule has 0 amide bonds. The summed E-state index contributed by atoms with van der Waals surface area (Å²) in [6, 6.07) is 16.2. The average molecular weight is 305 g/mol. The molecule has 0 spiro atoms. The Bertz CT molecular complexity index is 915. The normalized spacial score (nSPS) is 14.8. The SMILES string of the molecule is Cc1cccc2nc3c(c(=O)n12)CN(Cc1ccccc1)CC3. The number of rotatable bonds is 2. The Labute approximate surface area is 135 Å². The number of pyridine rings is 1. The molecule has 2 aromatic heterocycles. The second kappa shape index (κ2) is 5.63. The molecular formula is C19H19N3O. The van der Waals surface area contributed by atoms with Crippen molar-refractivity contribution in [3.05, 3.63) is 81.4 Å². The van der Waals surface area contributed by atoms with Gasteiger partial charge >= 0.3 is 0 Å². The number of nitrogens with zero attached hydrogens (tertiary/aromatic N) is 3. The number of benzene rings is 1. The van der Waals surface area contributed by atoms with Gasteiger partial charge in [0.2, 0.25) is 0 Å². The highest BCUT2D eigenvalue weighted by molar-refractivity contribution is 5.43. The number of hydrogen-bond acceptors (Lipinski definition) is 3. The van der Waals surface area contributed by atoms with E-state index in [9.17, 15) is 4.79 Å². The van der Waals surface area contributed by atoms with Crippen molar-refractivity contribution in [2.45, 2.75) is 26.4 Å². The second-order valence-corrected chi connectivity index (χ2v) is 6.15. The van der Waals surface area contributed by atoms with Crippen molar-refractivity contribution in [3.63, 3.8) is 0 Å². The molecule has 116 valence electrons. The first-order valence-corrected chi connectivity index (χ1v) is 7.99. The number of aryl methyl sites for hydroxylation is 1. The van der Waals surface area contributed by atoms with E-state index in [0.29, 0.717) is 6.54 Å². The van der Waals surface area contributed by atoms with Gasteiger partial charge in [-0.05, 0) is 24.6 Å². The van der Waals surface area contributed by atoms with Crippen LogP contribution in [-0.2, 0) is 19.5 Å². The molecule has 1 aliphatic rings. The summed E-state index contributed by atoms with van der Waals surface area (Å²) in [5, 5.41) is 0. The smallest absolute Gasteiger partial charge is 0.262 e. The van der Waals surface area contributed by atoms with Crippen LogP contribution in [0, 0.1) is 6.92 Å². The minimum atomic E-state index is 0.0841. The van der Waals surface area contributed by atoms with Crippen LogP contribution < -0.4 is 5.56 Å². The third-order valence-corrected chi connectivity index (χ3v) is 4.52. The maximum atomic E-state index is 12.9. The van der Waals surface area contributed by atoms with Crippen molar-refractivity contribution in [2.24, 2.45) is 0 Å². The van der Waals surface area contributed by atoms with Gasteiger partial charge in [-0.1, -0.05) is 36.4 Å². The highest BCUT2D eigenvalue weighted by Crippen LogP contribution is 2.17. The first-order chi connectivity index (χ1) is 11.2. The molecule has 0 bridgehead atoms.